The Kier molecular flexibility index (Phi) is 6.48. The van der Waals surface area contributed by atoms with Gasteiger partial charge in [0.05, 0.1) is 13.2 Å². The topological polar surface area (TPSA) is 82.1 Å². The van der Waals surface area contributed by atoms with E-state index in [-0.39, 0.29) is 12.7 Å². The molecule has 6 nitrogen and oxygen atoms in total. The van der Waals surface area contributed by atoms with Gasteiger partial charge >= 0.3 is 5.97 Å². The summed E-state index contributed by atoms with van der Waals surface area (Å²) in [7, 11) is 0. The maximum absolute atomic E-state index is 12.1. The number of ketones is 1. The largest absolute Gasteiger partial charge is 0.481 e. The summed E-state index contributed by atoms with van der Waals surface area (Å²) in [4.78, 5) is 22.9. The van der Waals surface area contributed by atoms with E-state index in [4.69, 9.17) is 19.3 Å². The van der Waals surface area contributed by atoms with Gasteiger partial charge in [-0.05, 0) is 32.3 Å². The molecule has 0 spiro atoms. The Balaban J connectivity index is 1.89. The minimum absolute atomic E-state index is 0.203. The van der Waals surface area contributed by atoms with Crippen LogP contribution in [0.5, 0.6) is 0 Å². The molecular formula is C18H24O6. The molecule has 132 valence electrons. The lowest BCUT2D eigenvalue weighted by atomic mass is 10.0. The number of hydrogen-bond acceptors (Lipinski definition) is 5. The van der Waals surface area contributed by atoms with Crippen LogP contribution in [0.15, 0.2) is 30.3 Å². The first kappa shape index (κ1) is 18.6. The second-order valence-electron chi connectivity index (χ2n) is 6.33. The number of ether oxygens (including phenoxy) is 3. The molecule has 1 aromatic rings. The number of carbonyl (C=O) groups is 2. The van der Waals surface area contributed by atoms with E-state index in [2.05, 4.69) is 0 Å². The molecule has 2 unspecified atom stereocenters. The first-order chi connectivity index (χ1) is 11.4. The van der Waals surface area contributed by atoms with Crippen molar-refractivity contribution in [2.45, 2.75) is 51.1 Å². The number of aliphatic carboxylic acids is 1. The molecule has 2 rings (SSSR count). The molecule has 1 N–H and O–H groups in total. The zero-order valence-electron chi connectivity index (χ0n) is 14.1. The van der Waals surface area contributed by atoms with E-state index in [0.29, 0.717) is 19.4 Å². The van der Waals surface area contributed by atoms with Crippen LogP contribution in [0.25, 0.3) is 0 Å². The lowest BCUT2D eigenvalue weighted by molar-refractivity contribution is -0.153. The number of rotatable bonds is 9. The van der Waals surface area contributed by atoms with Gasteiger partial charge in [0.15, 0.2) is 11.6 Å². The summed E-state index contributed by atoms with van der Waals surface area (Å²) in [6.45, 7) is 4.23. The summed E-state index contributed by atoms with van der Waals surface area (Å²) in [5.41, 5.74) is 1.08. The van der Waals surface area contributed by atoms with Crippen molar-refractivity contribution >= 4 is 11.8 Å². The monoisotopic (exact) mass is 336 g/mol. The molecule has 1 aromatic carbocycles. The third kappa shape index (κ3) is 6.03. The van der Waals surface area contributed by atoms with Crippen molar-refractivity contribution in [2.24, 2.45) is 0 Å². The molecule has 0 radical (unpaired) electrons. The van der Waals surface area contributed by atoms with Crippen molar-refractivity contribution in [3.05, 3.63) is 35.9 Å². The smallest absolute Gasteiger partial charge is 0.310 e. The SMILES string of the molecule is CC1(C)OCC(COC(CCc2ccccc2)C(=O)CC(=O)O)O1. The Bertz CT molecular complexity index is 554. The highest BCUT2D eigenvalue weighted by atomic mass is 16.7. The Morgan fingerprint density at radius 2 is 2.04 bits per heavy atom. The van der Waals surface area contributed by atoms with Gasteiger partial charge in [-0.3, -0.25) is 9.59 Å². The zero-order valence-corrected chi connectivity index (χ0v) is 14.1. The Hall–Kier alpha value is -1.76. The Labute approximate surface area is 141 Å². The number of benzene rings is 1. The second-order valence-corrected chi connectivity index (χ2v) is 6.33. The van der Waals surface area contributed by atoms with Crippen molar-refractivity contribution in [1.82, 2.24) is 0 Å². The highest BCUT2D eigenvalue weighted by molar-refractivity contribution is 5.97. The quantitative estimate of drug-likeness (QED) is 0.696. The lowest BCUT2D eigenvalue weighted by Gasteiger charge is -2.20. The lowest BCUT2D eigenvalue weighted by Crippen LogP contribution is -2.32. The fourth-order valence-electron chi connectivity index (χ4n) is 2.61. The average Bonchev–Trinajstić information content (AvgIpc) is 2.86. The van der Waals surface area contributed by atoms with E-state index >= 15 is 0 Å². The summed E-state index contributed by atoms with van der Waals surface area (Å²) < 4.78 is 16.8. The summed E-state index contributed by atoms with van der Waals surface area (Å²) in [5.74, 6) is -2.22. The van der Waals surface area contributed by atoms with E-state index < -0.39 is 30.1 Å². The summed E-state index contributed by atoms with van der Waals surface area (Å²) >= 11 is 0. The molecule has 0 saturated carbocycles. The normalized spacial score (nSPS) is 20.7. The summed E-state index contributed by atoms with van der Waals surface area (Å²) in [6, 6.07) is 9.71. The van der Waals surface area contributed by atoms with E-state index in [9.17, 15) is 9.59 Å². The molecular weight excluding hydrogens is 312 g/mol. The number of Topliss-reactive ketones (excluding diaryl/α,β-unsaturated/α-hetero) is 1. The molecule has 1 heterocycles. The van der Waals surface area contributed by atoms with Crippen molar-refractivity contribution < 1.29 is 28.9 Å². The first-order valence-electron chi connectivity index (χ1n) is 8.07. The van der Waals surface area contributed by atoms with Crippen LogP contribution in [0, 0.1) is 0 Å². The summed E-state index contributed by atoms with van der Waals surface area (Å²) in [6.07, 6.45) is -0.463. The number of carboxylic acids is 1. The van der Waals surface area contributed by atoms with Gasteiger partial charge in [-0.25, -0.2) is 0 Å². The minimum Gasteiger partial charge on any atom is -0.481 e. The van der Waals surface area contributed by atoms with Crippen molar-refractivity contribution in [1.29, 1.82) is 0 Å². The number of aryl methyl sites for hydroxylation is 1. The van der Waals surface area contributed by atoms with Gasteiger partial charge < -0.3 is 19.3 Å². The predicted molar refractivity (Wildman–Crippen MR) is 86.7 cm³/mol. The van der Waals surface area contributed by atoms with Crippen LogP contribution in [0.2, 0.25) is 0 Å². The Morgan fingerprint density at radius 3 is 2.62 bits per heavy atom. The number of hydrogen-bond donors (Lipinski definition) is 1. The second kappa shape index (κ2) is 8.37. The van der Waals surface area contributed by atoms with Crippen molar-refractivity contribution in [3.63, 3.8) is 0 Å². The van der Waals surface area contributed by atoms with Gasteiger partial charge in [0.25, 0.3) is 0 Å². The van der Waals surface area contributed by atoms with Gasteiger partial charge in [0, 0.05) is 0 Å². The highest BCUT2D eigenvalue weighted by Crippen LogP contribution is 2.23. The van der Waals surface area contributed by atoms with E-state index in [1.54, 1.807) is 0 Å². The molecule has 0 amide bonds. The molecule has 1 fully saturated rings. The van der Waals surface area contributed by atoms with Gasteiger partial charge in [-0.1, -0.05) is 30.3 Å². The maximum Gasteiger partial charge on any atom is 0.310 e. The van der Waals surface area contributed by atoms with Gasteiger partial charge in [0.1, 0.15) is 18.6 Å². The fraction of sp³-hybridized carbons (Fsp3) is 0.556. The maximum atomic E-state index is 12.1. The van der Waals surface area contributed by atoms with Crippen LogP contribution in [-0.4, -0.2) is 48.1 Å². The van der Waals surface area contributed by atoms with E-state index in [1.807, 2.05) is 44.2 Å². The number of carboxylic acid groups (broad SMARTS) is 1. The molecule has 2 atom stereocenters. The molecule has 1 aliphatic heterocycles. The standard InChI is InChI=1S/C18H24O6/c1-18(2)23-12-14(24-18)11-22-16(15(19)10-17(20)21)9-8-13-6-4-3-5-7-13/h3-7,14,16H,8-12H2,1-2H3,(H,20,21). The average molecular weight is 336 g/mol. The van der Waals surface area contributed by atoms with Crippen LogP contribution >= 0.6 is 0 Å². The van der Waals surface area contributed by atoms with E-state index in [0.717, 1.165) is 5.56 Å². The molecule has 1 aliphatic rings. The van der Waals surface area contributed by atoms with Crippen LogP contribution in [0.3, 0.4) is 0 Å². The minimum atomic E-state index is -1.14. The molecule has 0 bridgehead atoms. The number of carbonyl (C=O) groups excluding carboxylic acids is 1. The third-order valence-corrected chi connectivity index (χ3v) is 3.77. The molecule has 6 heteroatoms. The molecule has 0 aliphatic carbocycles. The van der Waals surface area contributed by atoms with Gasteiger partial charge in [-0.15, -0.1) is 0 Å². The van der Waals surface area contributed by atoms with Crippen LogP contribution in [-0.2, 0) is 30.2 Å². The zero-order chi connectivity index (χ0) is 17.6. The van der Waals surface area contributed by atoms with Crippen molar-refractivity contribution in [3.8, 4) is 0 Å². The van der Waals surface area contributed by atoms with Crippen LogP contribution < -0.4 is 0 Å². The van der Waals surface area contributed by atoms with E-state index in [1.165, 1.54) is 0 Å². The fourth-order valence-corrected chi connectivity index (χ4v) is 2.61. The van der Waals surface area contributed by atoms with Crippen molar-refractivity contribution in [2.75, 3.05) is 13.2 Å². The predicted octanol–water partition coefficient (Wildman–Crippen LogP) is 2.20. The van der Waals surface area contributed by atoms with Gasteiger partial charge in [0.2, 0.25) is 0 Å². The molecule has 0 aromatic heterocycles. The highest BCUT2D eigenvalue weighted by Gasteiger charge is 2.33. The third-order valence-electron chi connectivity index (χ3n) is 3.77. The van der Waals surface area contributed by atoms with Crippen LogP contribution in [0.4, 0.5) is 0 Å². The Morgan fingerprint density at radius 1 is 1.33 bits per heavy atom. The van der Waals surface area contributed by atoms with Gasteiger partial charge in [-0.2, -0.15) is 0 Å². The molecule has 1 saturated heterocycles. The first-order valence-corrected chi connectivity index (χ1v) is 8.07. The van der Waals surface area contributed by atoms with Crippen LogP contribution in [0.1, 0.15) is 32.3 Å². The summed E-state index contributed by atoms with van der Waals surface area (Å²) in [5, 5.41) is 8.85. The molecule has 24 heavy (non-hydrogen) atoms.